The Labute approximate surface area is 87.0 Å². The molecule has 7 heteroatoms. The summed E-state index contributed by atoms with van der Waals surface area (Å²) in [6.45, 7) is 1.22. The lowest BCUT2D eigenvalue weighted by molar-refractivity contribution is -0.149. The highest BCUT2D eigenvalue weighted by atomic mass is 16.5. The van der Waals surface area contributed by atoms with Gasteiger partial charge in [0.05, 0.1) is 12.7 Å². The van der Waals surface area contributed by atoms with Crippen LogP contribution in [-0.4, -0.2) is 46.9 Å². The van der Waals surface area contributed by atoms with E-state index in [9.17, 15) is 9.59 Å². The molecule has 7 nitrogen and oxygen atoms in total. The van der Waals surface area contributed by atoms with Gasteiger partial charge in [0.2, 0.25) is 0 Å². The summed E-state index contributed by atoms with van der Waals surface area (Å²) in [5.41, 5.74) is 10.4. The van der Waals surface area contributed by atoms with Gasteiger partial charge in [0, 0.05) is 6.42 Å². The number of aliphatic carboxylic acids is 1. The Morgan fingerprint density at radius 2 is 1.93 bits per heavy atom. The summed E-state index contributed by atoms with van der Waals surface area (Å²) in [5, 5.41) is 17.4. The second-order valence-electron chi connectivity index (χ2n) is 3.17. The van der Waals surface area contributed by atoms with Crippen molar-refractivity contribution in [3.8, 4) is 0 Å². The van der Waals surface area contributed by atoms with Crippen molar-refractivity contribution in [2.45, 2.75) is 31.5 Å². The first-order valence-electron chi connectivity index (χ1n) is 4.45. The highest BCUT2D eigenvalue weighted by Gasteiger charge is 2.20. The molecule has 88 valence electrons. The molecule has 0 unspecified atom stereocenters. The number of carboxylic acids is 1. The Morgan fingerprint density at radius 1 is 1.40 bits per heavy atom. The Morgan fingerprint density at radius 3 is 2.33 bits per heavy atom. The maximum atomic E-state index is 11.0. The zero-order valence-corrected chi connectivity index (χ0v) is 8.42. The van der Waals surface area contributed by atoms with E-state index in [4.69, 9.17) is 21.7 Å². The van der Waals surface area contributed by atoms with Gasteiger partial charge in [-0.05, 0) is 6.92 Å². The first-order valence-corrected chi connectivity index (χ1v) is 4.45. The quantitative estimate of drug-likeness (QED) is 0.381. The number of carbonyl (C=O) groups excluding carboxylic acids is 1. The first-order chi connectivity index (χ1) is 6.86. The molecule has 0 amide bonds. The molecule has 0 aromatic carbocycles. The SMILES string of the molecule is C[C@@H](O)[C@H](N)C(=O)OCC[C@H](N)C(=O)O. The normalized spacial score (nSPS) is 16.5. The number of nitrogens with two attached hydrogens (primary N) is 2. The zero-order chi connectivity index (χ0) is 12.0. The van der Waals surface area contributed by atoms with Gasteiger partial charge in [0.25, 0.3) is 0 Å². The standard InChI is InChI=1S/C8H16N2O5/c1-4(11)6(10)8(14)15-3-2-5(9)7(12)13/h4-6,11H,2-3,9-10H2,1H3,(H,12,13)/t4-,5+,6+/m1/s1. The molecule has 0 aliphatic rings. The van der Waals surface area contributed by atoms with Crippen molar-refractivity contribution in [1.82, 2.24) is 0 Å². The predicted octanol–water partition coefficient (Wildman–Crippen LogP) is -1.96. The Hall–Kier alpha value is -1.18. The zero-order valence-electron chi connectivity index (χ0n) is 8.42. The Balaban J connectivity index is 3.78. The molecule has 6 N–H and O–H groups in total. The number of hydrogen-bond donors (Lipinski definition) is 4. The molecule has 0 saturated carbocycles. The van der Waals surface area contributed by atoms with Crippen LogP contribution >= 0.6 is 0 Å². The molecular weight excluding hydrogens is 204 g/mol. The van der Waals surface area contributed by atoms with Gasteiger partial charge in [-0.2, -0.15) is 0 Å². The van der Waals surface area contributed by atoms with Crippen LogP contribution in [0.3, 0.4) is 0 Å². The van der Waals surface area contributed by atoms with Crippen molar-refractivity contribution < 1.29 is 24.5 Å². The molecule has 0 spiro atoms. The van der Waals surface area contributed by atoms with Gasteiger partial charge in [-0.25, -0.2) is 0 Å². The maximum Gasteiger partial charge on any atom is 0.325 e. The molecule has 0 rings (SSSR count). The van der Waals surface area contributed by atoms with Gasteiger partial charge in [-0.3, -0.25) is 9.59 Å². The lowest BCUT2D eigenvalue weighted by atomic mass is 10.2. The van der Waals surface area contributed by atoms with Gasteiger partial charge >= 0.3 is 11.9 Å². The number of rotatable bonds is 6. The number of carboxylic acid groups (broad SMARTS) is 1. The van der Waals surface area contributed by atoms with E-state index in [1.54, 1.807) is 0 Å². The third-order valence-corrected chi connectivity index (χ3v) is 1.78. The van der Waals surface area contributed by atoms with Crippen molar-refractivity contribution in [1.29, 1.82) is 0 Å². The minimum absolute atomic E-state index is 0.00754. The molecule has 0 aromatic heterocycles. The average molecular weight is 220 g/mol. The Kier molecular flexibility index (Phi) is 5.83. The van der Waals surface area contributed by atoms with Crippen LogP contribution in [0.15, 0.2) is 0 Å². The van der Waals surface area contributed by atoms with E-state index >= 15 is 0 Å². The van der Waals surface area contributed by atoms with E-state index in [0.717, 1.165) is 0 Å². The number of esters is 1. The maximum absolute atomic E-state index is 11.0. The van der Waals surface area contributed by atoms with Crippen molar-refractivity contribution in [2.24, 2.45) is 11.5 Å². The highest BCUT2D eigenvalue weighted by Crippen LogP contribution is 1.95. The molecular formula is C8H16N2O5. The van der Waals surface area contributed by atoms with Crippen LogP contribution in [0.1, 0.15) is 13.3 Å². The number of aliphatic hydroxyl groups excluding tert-OH is 1. The van der Waals surface area contributed by atoms with Crippen molar-refractivity contribution in [3.63, 3.8) is 0 Å². The molecule has 0 aliphatic carbocycles. The predicted molar refractivity (Wildman–Crippen MR) is 50.8 cm³/mol. The first kappa shape index (κ1) is 13.8. The van der Waals surface area contributed by atoms with Gasteiger partial charge in [-0.1, -0.05) is 0 Å². The summed E-state index contributed by atoms with van der Waals surface area (Å²) in [7, 11) is 0. The monoisotopic (exact) mass is 220 g/mol. The summed E-state index contributed by atoms with van der Waals surface area (Å²) in [5.74, 6) is -1.94. The lowest BCUT2D eigenvalue weighted by Gasteiger charge is -2.14. The second kappa shape index (κ2) is 6.33. The second-order valence-corrected chi connectivity index (χ2v) is 3.17. The fraction of sp³-hybridized carbons (Fsp3) is 0.750. The van der Waals surface area contributed by atoms with E-state index in [1.165, 1.54) is 6.92 Å². The Bertz CT molecular complexity index is 231. The minimum Gasteiger partial charge on any atom is -0.480 e. The van der Waals surface area contributed by atoms with Gasteiger partial charge < -0.3 is 26.4 Å². The fourth-order valence-corrected chi connectivity index (χ4v) is 0.703. The minimum atomic E-state index is -1.16. The van der Waals surface area contributed by atoms with E-state index in [0.29, 0.717) is 0 Å². The van der Waals surface area contributed by atoms with Gasteiger partial charge in [0.15, 0.2) is 0 Å². The fourth-order valence-electron chi connectivity index (χ4n) is 0.703. The third-order valence-electron chi connectivity index (χ3n) is 1.78. The largest absolute Gasteiger partial charge is 0.480 e. The summed E-state index contributed by atoms with van der Waals surface area (Å²) in [6.07, 6.45) is -1.00. The van der Waals surface area contributed by atoms with Crippen LogP contribution in [0.25, 0.3) is 0 Å². The van der Waals surface area contributed by atoms with E-state index in [1.807, 2.05) is 0 Å². The van der Waals surface area contributed by atoms with Crippen LogP contribution < -0.4 is 11.5 Å². The van der Waals surface area contributed by atoms with Crippen molar-refractivity contribution in [3.05, 3.63) is 0 Å². The molecule has 0 heterocycles. The van der Waals surface area contributed by atoms with Crippen LogP contribution in [0, 0.1) is 0 Å². The van der Waals surface area contributed by atoms with Crippen LogP contribution in [-0.2, 0) is 14.3 Å². The molecule has 0 aromatic rings. The average Bonchev–Trinajstić information content (AvgIpc) is 2.15. The number of aliphatic hydroxyl groups is 1. The van der Waals surface area contributed by atoms with E-state index < -0.39 is 30.1 Å². The molecule has 3 atom stereocenters. The molecule has 0 aliphatic heterocycles. The summed E-state index contributed by atoms with van der Waals surface area (Å²) >= 11 is 0. The molecule has 15 heavy (non-hydrogen) atoms. The number of carbonyl (C=O) groups is 2. The number of ether oxygens (including phenoxy) is 1. The van der Waals surface area contributed by atoms with Gasteiger partial charge in [-0.15, -0.1) is 0 Å². The van der Waals surface area contributed by atoms with E-state index in [2.05, 4.69) is 4.74 Å². The summed E-state index contributed by atoms with van der Waals surface area (Å²) in [4.78, 5) is 21.3. The lowest BCUT2D eigenvalue weighted by Crippen LogP contribution is -2.42. The van der Waals surface area contributed by atoms with Gasteiger partial charge in [0.1, 0.15) is 12.1 Å². The summed E-state index contributed by atoms with van der Waals surface area (Å²) in [6, 6.07) is -2.19. The van der Waals surface area contributed by atoms with Crippen molar-refractivity contribution in [2.75, 3.05) is 6.61 Å². The van der Waals surface area contributed by atoms with E-state index in [-0.39, 0.29) is 13.0 Å². The molecule has 0 bridgehead atoms. The summed E-state index contributed by atoms with van der Waals surface area (Å²) < 4.78 is 4.62. The third kappa shape index (κ3) is 5.31. The van der Waals surface area contributed by atoms with Crippen molar-refractivity contribution >= 4 is 11.9 Å². The number of hydrogen-bond acceptors (Lipinski definition) is 6. The molecule has 0 radical (unpaired) electrons. The van der Waals surface area contributed by atoms with Crippen LogP contribution in [0.5, 0.6) is 0 Å². The van der Waals surface area contributed by atoms with Crippen LogP contribution in [0.4, 0.5) is 0 Å². The highest BCUT2D eigenvalue weighted by molar-refractivity contribution is 5.76. The topological polar surface area (TPSA) is 136 Å². The van der Waals surface area contributed by atoms with Crippen LogP contribution in [0.2, 0.25) is 0 Å². The molecule has 0 fully saturated rings. The smallest absolute Gasteiger partial charge is 0.325 e. The molecule has 0 saturated heterocycles.